The summed E-state index contributed by atoms with van der Waals surface area (Å²) in [5, 5.41) is 9.45. The van der Waals surface area contributed by atoms with Crippen LogP contribution in [0.4, 0.5) is 4.39 Å². The van der Waals surface area contributed by atoms with Crippen molar-refractivity contribution in [3.8, 4) is 0 Å². The van der Waals surface area contributed by atoms with Crippen molar-refractivity contribution in [3.05, 3.63) is 35.6 Å². The number of sulfone groups is 1. The fourth-order valence-corrected chi connectivity index (χ4v) is 1.83. The molecule has 0 spiro atoms. The predicted octanol–water partition coefficient (Wildman–Crippen LogP) is 0.904. The number of aliphatic hydroxyl groups is 1. The third-order valence-electron chi connectivity index (χ3n) is 1.72. The van der Waals surface area contributed by atoms with Crippen molar-refractivity contribution < 1.29 is 17.9 Å². The maximum absolute atomic E-state index is 12.5. The van der Waals surface area contributed by atoms with Gasteiger partial charge in [0.05, 0.1) is 11.9 Å². The molecule has 1 atom stereocenters. The third kappa shape index (κ3) is 3.43. The molecule has 0 heterocycles. The number of hydrogen-bond donors (Lipinski definition) is 1. The Morgan fingerprint density at radius 2 is 1.86 bits per heavy atom. The van der Waals surface area contributed by atoms with E-state index >= 15 is 0 Å². The molecule has 0 saturated heterocycles. The van der Waals surface area contributed by atoms with Crippen LogP contribution in [0.2, 0.25) is 0 Å². The molecule has 3 nitrogen and oxygen atoms in total. The Kier molecular flexibility index (Phi) is 3.23. The smallest absolute Gasteiger partial charge is 0.150 e. The van der Waals surface area contributed by atoms with E-state index in [1.165, 1.54) is 24.3 Å². The average molecular weight is 218 g/mol. The molecule has 0 aliphatic heterocycles. The second kappa shape index (κ2) is 4.06. The summed E-state index contributed by atoms with van der Waals surface area (Å²) in [4.78, 5) is 0. The summed E-state index contributed by atoms with van der Waals surface area (Å²) in [5.41, 5.74) is 0.400. The van der Waals surface area contributed by atoms with Crippen LogP contribution in [-0.2, 0) is 9.84 Å². The summed E-state index contributed by atoms with van der Waals surface area (Å²) in [6.45, 7) is 0. The molecule has 0 saturated carbocycles. The van der Waals surface area contributed by atoms with Gasteiger partial charge in [-0.1, -0.05) is 12.1 Å². The van der Waals surface area contributed by atoms with Gasteiger partial charge >= 0.3 is 0 Å². The molecule has 14 heavy (non-hydrogen) atoms. The van der Waals surface area contributed by atoms with Gasteiger partial charge in [-0.3, -0.25) is 0 Å². The Labute approximate surface area is 82.1 Å². The van der Waals surface area contributed by atoms with Crippen molar-refractivity contribution in [1.29, 1.82) is 0 Å². The van der Waals surface area contributed by atoms with E-state index in [4.69, 9.17) is 0 Å². The number of aliphatic hydroxyl groups excluding tert-OH is 1. The van der Waals surface area contributed by atoms with Gasteiger partial charge in [-0.2, -0.15) is 0 Å². The van der Waals surface area contributed by atoms with Crippen LogP contribution in [0, 0.1) is 5.82 Å². The molecule has 5 heteroatoms. The molecule has 0 radical (unpaired) electrons. The summed E-state index contributed by atoms with van der Waals surface area (Å²) in [6, 6.07) is 5.10. The van der Waals surface area contributed by atoms with Gasteiger partial charge < -0.3 is 5.11 Å². The summed E-state index contributed by atoms with van der Waals surface area (Å²) in [5.74, 6) is -0.765. The Morgan fingerprint density at radius 1 is 1.36 bits per heavy atom. The highest BCUT2D eigenvalue weighted by atomic mass is 32.2. The monoisotopic (exact) mass is 218 g/mol. The van der Waals surface area contributed by atoms with Crippen LogP contribution >= 0.6 is 0 Å². The van der Waals surface area contributed by atoms with Crippen LogP contribution in [0.1, 0.15) is 11.7 Å². The minimum absolute atomic E-state index is 0.349. The molecule has 0 bridgehead atoms. The zero-order valence-electron chi connectivity index (χ0n) is 7.64. The molecule has 1 aromatic carbocycles. The quantitative estimate of drug-likeness (QED) is 0.820. The number of halogens is 1. The SMILES string of the molecule is CS(=O)(=O)CC(O)c1ccc(F)cc1. The highest BCUT2D eigenvalue weighted by Gasteiger charge is 2.13. The molecule has 0 aliphatic carbocycles. The second-order valence-electron chi connectivity index (χ2n) is 3.16. The van der Waals surface area contributed by atoms with E-state index in [1.54, 1.807) is 0 Å². The normalized spacial score (nSPS) is 13.9. The first kappa shape index (κ1) is 11.1. The van der Waals surface area contributed by atoms with E-state index in [0.29, 0.717) is 5.56 Å². The van der Waals surface area contributed by atoms with Crippen molar-refractivity contribution in [1.82, 2.24) is 0 Å². The van der Waals surface area contributed by atoms with E-state index in [-0.39, 0.29) is 5.75 Å². The van der Waals surface area contributed by atoms with Crippen molar-refractivity contribution in [2.75, 3.05) is 12.0 Å². The van der Waals surface area contributed by atoms with Crippen molar-refractivity contribution in [2.24, 2.45) is 0 Å². The molecule has 78 valence electrons. The van der Waals surface area contributed by atoms with E-state index < -0.39 is 21.8 Å². The molecule has 1 aromatic rings. The van der Waals surface area contributed by atoms with Crippen molar-refractivity contribution in [3.63, 3.8) is 0 Å². The highest BCUT2D eigenvalue weighted by molar-refractivity contribution is 7.90. The third-order valence-corrected chi connectivity index (χ3v) is 2.64. The van der Waals surface area contributed by atoms with E-state index in [0.717, 1.165) is 6.26 Å². The minimum atomic E-state index is -3.23. The van der Waals surface area contributed by atoms with Gasteiger partial charge in [-0.05, 0) is 17.7 Å². The molecule has 1 N–H and O–H groups in total. The lowest BCUT2D eigenvalue weighted by atomic mass is 10.1. The molecular formula is C9H11FO3S. The Bertz CT molecular complexity index is 397. The maximum Gasteiger partial charge on any atom is 0.150 e. The van der Waals surface area contributed by atoms with Crippen LogP contribution in [0.3, 0.4) is 0 Å². The summed E-state index contributed by atoms with van der Waals surface area (Å²) in [7, 11) is -3.23. The number of rotatable bonds is 3. The average Bonchev–Trinajstić information content (AvgIpc) is 2.02. The van der Waals surface area contributed by atoms with Gasteiger partial charge in [-0.15, -0.1) is 0 Å². The zero-order valence-corrected chi connectivity index (χ0v) is 8.46. The fourth-order valence-electron chi connectivity index (χ4n) is 1.07. The largest absolute Gasteiger partial charge is 0.387 e. The summed E-state index contributed by atoms with van der Waals surface area (Å²) < 4.78 is 34.2. The van der Waals surface area contributed by atoms with Gasteiger partial charge in [0, 0.05) is 6.26 Å². The molecule has 1 rings (SSSR count). The van der Waals surface area contributed by atoms with Crippen LogP contribution in [0.25, 0.3) is 0 Å². The van der Waals surface area contributed by atoms with Crippen molar-refractivity contribution in [2.45, 2.75) is 6.10 Å². The lowest BCUT2D eigenvalue weighted by Crippen LogP contribution is -2.12. The Balaban J connectivity index is 2.80. The topological polar surface area (TPSA) is 54.4 Å². The maximum atomic E-state index is 12.5. The Morgan fingerprint density at radius 3 is 2.29 bits per heavy atom. The van der Waals surface area contributed by atoms with Gasteiger partial charge in [0.1, 0.15) is 15.7 Å². The number of hydrogen-bond acceptors (Lipinski definition) is 3. The second-order valence-corrected chi connectivity index (χ2v) is 5.34. The molecular weight excluding hydrogens is 207 g/mol. The lowest BCUT2D eigenvalue weighted by molar-refractivity contribution is 0.202. The van der Waals surface area contributed by atoms with Gasteiger partial charge in [0.15, 0.2) is 0 Å². The highest BCUT2D eigenvalue weighted by Crippen LogP contribution is 2.14. The first-order valence-electron chi connectivity index (χ1n) is 4.00. The standard InChI is InChI=1S/C9H11FO3S/c1-14(12,13)6-9(11)7-2-4-8(10)5-3-7/h2-5,9,11H,6H2,1H3. The molecule has 0 aliphatic rings. The predicted molar refractivity (Wildman–Crippen MR) is 51.1 cm³/mol. The minimum Gasteiger partial charge on any atom is -0.387 e. The van der Waals surface area contributed by atoms with E-state index in [9.17, 15) is 17.9 Å². The van der Waals surface area contributed by atoms with Crippen molar-refractivity contribution >= 4 is 9.84 Å². The first-order chi connectivity index (χ1) is 6.38. The summed E-state index contributed by atoms with van der Waals surface area (Å²) in [6.07, 6.45) is -0.0506. The molecule has 0 aromatic heterocycles. The Hall–Kier alpha value is -0.940. The first-order valence-corrected chi connectivity index (χ1v) is 6.06. The van der Waals surface area contributed by atoms with Gasteiger partial charge in [0.25, 0.3) is 0 Å². The summed E-state index contributed by atoms with van der Waals surface area (Å²) >= 11 is 0. The van der Waals surface area contributed by atoms with Crippen LogP contribution in [0.5, 0.6) is 0 Å². The van der Waals surface area contributed by atoms with Crippen LogP contribution in [0.15, 0.2) is 24.3 Å². The van der Waals surface area contributed by atoms with E-state index in [2.05, 4.69) is 0 Å². The fraction of sp³-hybridized carbons (Fsp3) is 0.333. The lowest BCUT2D eigenvalue weighted by Gasteiger charge is -2.08. The zero-order chi connectivity index (χ0) is 10.8. The van der Waals surface area contributed by atoms with Crippen LogP contribution < -0.4 is 0 Å². The number of benzene rings is 1. The molecule has 1 unspecified atom stereocenters. The molecule has 0 fully saturated rings. The van der Waals surface area contributed by atoms with Gasteiger partial charge in [-0.25, -0.2) is 12.8 Å². The molecule has 0 amide bonds. The van der Waals surface area contributed by atoms with Crippen LogP contribution in [-0.4, -0.2) is 25.5 Å². The van der Waals surface area contributed by atoms with Gasteiger partial charge in [0.2, 0.25) is 0 Å². The van der Waals surface area contributed by atoms with E-state index in [1.807, 2.05) is 0 Å².